The van der Waals surface area contributed by atoms with Gasteiger partial charge < -0.3 is 10.5 Å². The highest BCUT2D eigenvalue weighted by atomic mass is 16.5. The number of nitrogens with two attached hydrogens (primary N) is 1. The molecular formula is C13H15N3O. The summed E-state index contributed by atoms with van der Waals surface area (Å²) in [6.45, 7) is 4.38. The molecule has 0 fully saturated rings. The van der Waals surface area contributed by atoms with E-state index in [4.69, 9.17) is 10.5 Å². The lowest BCUT2D eigenvalue weighted by Crippen LogP contribution is -2.04. The molecule has 0 amide bonds. The number of anilines is 1. The number of nitrogen functional groups attached to an aromatic ring is 1. The highest BCUT2D eigenvalue weighted by molar-refractivity contribution is 5.71. The maximum absolute atomic E-state index is 5.63. The van der Waals surface area contributed by atoms with Gasteiger partial charge in [0.05, 0.1) is 17.9 Å². The molecule has 0 radical (unpaired) electrons. The molecule has 2 rings (SSSR count). The molecular weight excluding hydrogens is 214 g/mol. The number of aryl methyl sites for hydroxylation is 1. The molecule has 0 bridgehead atoms. The van der Waals surface area contributed by atoms with E-state index >= 15 is 0 Å². The van der Waals surface area contributed by atoms with Crippen molar-refractivity contribution in [3.05, 3.63) is 36.0 Å². The predicted octanol–water partition coefficient (Wildman–Crippen LogP) is 2.43. The van der Waals surface area contributed by atoms with E-state index in [2.05, 4.69) is 9.97 Å². The van der Waals surface area contributed by atoms with Crippen LogP contribution in [0, 0.1) is 6.92 Å². The van der Waals surface area contributed by atoms with Crippen LogP contribution < -0.4 is 10.5 Å². The minimum Gasteiger partial charge on any atom is -0.477 e. The summed E-state index contributed by atoms with van der Waals surface area (Å²) in [4.78, 5) is 8.32. The van der Waals surface area contributed by atoms with Crippen molar-refractivity contribution in [2.45, 2.75) is 13.8 Å². The Morgan fingerprint density at radius 3 is 2.53 bits per heavy atom. The fourth-order valence-corrected chi connectivity index (χ4v) is 1.75. The Bertz CT molecular complexity index is 512. The molecule has 0 unspecified atom stereocenters. The first-order valence-corrected chi connectivity index (χ1v) is 5.54. The first-order valence-electron chi connectivity index (χ1n) is 5.54. The molecule has 0 saturated heterocycles. The topological polar surface area (TPSA) is 61.0 Å². The molecule has 4 nitrogen and oxygen atoms in total. The second-order valence-electron chi connectivity index (χ2n) is 3.65. The maximum Gasteiger partial charge on any atom is 0.226 e. The lowest BCUT2D eigenvalue weighted by molar-refractivity contribution is 0.328. The number of aromatic nitrogens is 2. The Kier molecular flexibility index (Phi) is 3.23. The van der Waals surface area contributed by atoms with Crippen molar-refractivity contribution < 1.29 is 4.74 Å². The van der Waals surface area contributed by atoms with Gasteiger partial charge in [0.2, 0.25) is 11.8 Å². The summed E-state index contributed by atoms with van der Waals surface area (Å²) >= 11 is 0. The minimum absolute atomic E-state index is 0.241. The number of hydrogen-bond donors (Lipinski definition) is 1. The maximum atomic E-state index is 5.63. The van der Waals surface area contributed by atoms with Crippen LogP contribution in [0.1, 0.15) is 12.6 Å². The summed E-state index contributed by atoms with van der Waals surface area (Å²) < 4.78 is 5.52. The van der Waals surface area contributed by atoms with Crippen molar-refractivity contribution in [1.29, 1.82) is 0 Å². The van der Waals surface area contributed by atoms with E-state index in [1.54, 1.807) is 0 Å². The largest absolute Gasteiger partial charge is 0.477 e. The third kappa shape index (κ3) is 2.36. The first kappa shape index (κ1) is 11.4. The summed E-state index contributed by atoms with van der Waals surface area (Å²) in [5, 5.41) is 0. The molecule has 0 aliphatic heterocycles. The highest BCUT2D eigenvalue weighted by Crippen LogP contribution is 2.31. The molecule has 2 aromatic rings. The van der Waals surface area contributed by atoms with Crippen LogP contribution in [0.25, 0.3) is 11.1 Å². The van der Waals surface area contributed by atoms with Crippen LogP contribution in [0.2, 0.25) is 0 Å². The lowest BCUT2D eigenvalue weighted by atomic mass is 10.1. The zero-order valence-corrected chi connectivity index (χ0v) is 9.97. The molecule has 0 atom stereocenters. The summed E-state index contributed by atoms with van der Waals surface area (Å²) in [5.41, 5.74) is 8.40. The van der Waals surface area contributed by atoms with E-state index in [9.17, 15) is 0 Å². The third-order valence-corrected chi connectivity index (χ3v) is 2.42. The SMILES string of the molecule is CCOc1nc(N)nc(C)c1-c1ccccc1. The van der Waals surface area contributed by atoms with Crippen LogP contribution in [-0.2, 0) is 0 Å². The van der Waals surface area contributed by atoms with Crippen LogP contribution in [0.3, 0.4) is 0 Å². The van der Waals surface area contributed by atoms with E-state index in [0.29, 0.717) is 12.5 Å². The molecule has 0 aliphatic carbocycles. The normalized spacial score (nSPS) is 10.2. The van der Waals surface area contributed by atoms with Crippen LogP contribution >= 0.6 is 0 Å². The Morgan fingerprint density at radius 1 is 1.18 bits per heavy atom. The van der Waals surface area contributed by atoms with E-state index in [1.165, 1.54) is 0 Å². The van der Waals surface area contributed by atoms with Gasteiger partial charge in [-0.3, -0.25) is 0 Å². The Balaban J connectivity index is 2.59. The van der Waals surface area contributed by atoms with Crippen LogP contribution in [-0.4, -0.2) is 16.6 Å². The van der Waals surface area contributed by atoms with Crippen molar-refractivity contribution in [3.8, 4) is 17.0 Å². The van der Waals surface area contributed by atoms with Gasteiger partial charge in [-0.05, 0) is 19.4 Å². The van der Waals surface area contributed by atoms with E-state index in [0.717, 1.165) is 16.8 Å². The molecule has 4 heteroatoms. The number of benzene rings is 1. The average molecular weight is 229 g/mol. The molecule has 0 spiro atoms. The van der Waals surface area contributed by atoms with Crippen LogP contribution in [0.15, 0.2) is 30.3 Å². The minimum atomic E-state index is 0.241. The van der Waals surface area contributed by atoms with Gasteiger partial charge in [0, 0.05) is 0 Å². The van der Waals surface area contributed by atoms with E-state index in [-0.39, 0.29) is 5.95 Å². The number of hydrogen-bond acceptors (Lipinski definition) is 4. The Hall–Kier alpha value is -2.10. The van der Waals surface area contributed by atoms with Crippen molar-refractivity contribution in [1.82, 2.24) is 9.97 Å². The molecule has 1 aromatic heterocycles. The zero-order valence-electron chi connectivity index (χ0n) is 9.97. The van der Waals surface area contributed by atoms with Gasteiger partial charge in [-0.2, -0.15) is 4.98 Å². The van der Waals surface area contributed by atoms with Gasteiger partial charge in [-0.25, -0.2) is 4.98 Å². The van der Waals surface area contributed by atoms with Crippen molar-refractivity contribution >= 4 is 5.95 Å². The van der Waals surface area contributed by atoms with E-state index in [1.807, 2.05) is 44.2 Å². The summed E-state index contributed by atoms with van der Waals surface area (Å²) in [6.07, 6.45) is 0. The number of rotatable bonds is 3. The standard InChI is InChI=1S/C13H15N3O/c1-3-17-12-11(9(2)15-13(14)16-12)10-7-5-4-6-8-10/h4-8H,3H2,1-2H3,(H2,14,15,16). The van der Waals surface area contributed by atoms with Crippen molar-refractivity contribution in [3.63, 3.8) is 0 Å². The highest BCUT2D eigenvalue weighted by Gasteiger charge is 2.13. The molecule has 0 aliphatic rings. The quantitative estimate of drug-likeness (QED) is 0.878. The number of ether oxygens (including phenoxy) is 1. The van der Waals surface area contributed by atoms with Gasteiger partial charge in [-0.1, -0.05) is 30.3 Å². The molecule has 1 aromatic carbocycles. The first-order chi connectivity index (χ1) is 8.22. The van der Waals surface area contributed by atoms with Crippen LogP contribution in [0.5, 0.6) is 5.88 Å². The van der Waals surface area contributed by atoms with Gasteiger partial charge in [0.25, 0.3) is 0 Å². The van der Waals surface area contributed by atoms with E-state index < -0.39 is 0 Å². The second-order valence-corrected chi connectivity index (χ2v) is 3.65. The van der Waals surface area contributed by atoms with Gasteiger partial charge in [0.1, 0.15) is 0 Å². The summed E-state index contributed by atoms with van der Waals surface area (Å²) in [6, 6.07) is 9.92. The number of nitrogens with zero attached hydrogens (tertiary/aromatic N) is 2. The molecule has 88 valence electrons. The van der Waals surface area contributed by atoms with Crippen LogP contribution in [0.4, 0.5) is 5.95 Å². The van der Waals surface area contributed by atoms with Gasteiger partial charge in [0.15, 0.2) is 0 Å². The lowest BCUT2D eigenvalue weighted by Gasteiger charge is -2.12. The molecule has 0 saturated carbocycles. The van der Waals surface area contributed by atoms with Crippen molar-refractivity contribution in [2.24, 2.45) is 0 Å². The second kappa shape index (κ2) is 4.82. The van der Waals surface area contributed by atoms with Crippen molar-refractivity contribution in [2.75, 3.05) is 12.3 Å². The average Bonchev–Trinajstić information content (AvgIpc) is 2.30. The Morgan fingerprint density at radius 2 is 1.88 bits per heavy atom. The third-order valence-electron chi connectivity index (χ3n) is 2.42. The summed E-state index contributed by atoms with van der Waals surface area (Å²) in [5.74, 6) is 0.786. The fourth-order valence-electron chi connectivity index (χ4n) is 1.75. The Labute approximate surface area is 100 Å². The monoisotopic (exact) mass is 229 g/mol. The molecule has 2 N–H and O–H groups in total. The van der Waals surface area contributed by atoms with Gasteiger partial charge in [-0.15, -0.1) is 0 Å². The predicted molar refractivity (Wildman–Crippen MR) is 67.8 cm³/mol. The fraction of sp³-hybridized carbons (Fsp3) is 0.231. The molecule has 17 heavy (non-hydrogen) atoms. The van der Waals surface area contributed by atoms with Gasteiger partial charge >= 0.3 is 0 Å². The summed E-state index contributed by atoms with van der Waals surface area (Å²) in [7, 11) is 0. The smallest absolute Gasteiger partial charge is 0.226 e. The zero-order chi connectivity index (χ0) is 12.3. The molecule has 1 heterocycles.